The predicted octanol–water partition coefficient (Wildman–Crippen LogP) is 21.3. The highest BCUT2D eigenvalue weighted by molar-refractivity contribution is 7.47. The molecule has 6 atom stereocenters. The standard InChI is InChI=1S/C74H144O17P2/c1-9-67(8)53-45-37-32-33-41-49-57-74(79)91-70(61-85-72(77)55-47-39-31-25-28-36-44-52-66(6)7)63-89-93(82,83)87-59-68(75)58-86-92(80,81)88-62-69(90-73(78)56-48-40-30-24-20-16-18-22-27-35-43-51-65(4)5)60-84-71(76)54-46-38-29-23-19-15-13-11-10-12-14-17-21-26-34-42-50-64(2)3/h64-70,75H,9-63H2,1-8H3,(H,80,81)(H,82,83)/t67?,68?,69-,70-/m1/s1. The van der Waals surface area contributed by atoms with Crippen molar-refractivity contribution >= 4 is 39.5 Å². The Hall–Kier alpha value is -1.94. The quantitative estimate of drug-likeness (QED) is 0.0222. The van der Waals surface area contributed by atoms with E-state index in [1.165, 1.54) is 167 Å². The molecule has 0 saturated heterocycles. The minimum atomic E-state index is -4.96. The maximum atomic E-state index is 13.1. The van der Waals surface area contributed by atoms with Gasteiger partial charge in [0.05, 0.1) is 26.4 Å². The lowest BCUT2D eigenvalue weighted by Crippen LogP contribution is -2.30. The molecular weight excluding hydrogens is 1220 g/mol. The predicted molar refractivity (Wildman–Crippen MR) is 377 cm³/mol. The number of esters is 4. The van der Waals surface area contributed by atoms with Crippen molar-refractivity contribution in [1.82, 2.24) is 0 Å². The molecular formula is C74H144O17P2. The Labute approximate surface area is 568 Å². The van der Waals surface area contributed by atoms with E-state index in [1.54, 1.807) is 0 Å². The number of aliphatic hydroxyl groups excluding tert-OH is 1. The molecule has 19 heteroatoms. The van der Waals surface area contributed by atoms with Crippen LogP contribution in [-0.4, -0.2) is 96.7 Å². The molecule has 0 amide bonds. The lowest BCUT2D eigenvalue weighted by Gasteiger charge is -2.21. The average molecular weight is 1370 g/mol. The van der Waals surface area contributed by atoms with E-state index >= 15 is 0 Å². The van der Waals surface area contributed by atoms with Crippen LogP contribution in [0.15, 0.2) is 0 Å². The number of carbonyl (C=O) groups excluding carboxylic acids is 4. The zero-order chi connectivity index (χ0) is 68.9. The molecule has 3 N–H and O–H groups in total. The highest BCUT2D eigenvalue weighted by Crippen LogP contribution is 2.45. The Morgan fingerprint density at radius 1 is 0.301 bits per heavy atom. The molecule has 17 nitrogen and oxygen atoms in total. The first kappa shape index (κ1) is 91.1. The molecule has 0 radical (unpaired) electrons. The number of phosphoric ester groups is 2. The van der Waals surface area contributed by atoms with Gasteiger partial charge in [-0.2, -0.15) is 0 Å². The Morgan fingerprint density at radius 2 is 0.516 bits per heavy atom. The summed E-state index contributed by atoms with van der Waals surface area (Å²) in [7, 11) is -9.91. The van der Waals surface area contributed by atoms with Gasteiger partial charge in [-0.25, -0.2) is 9.13 Å². The van der Waals surface area contributed by atoms with Crippen LogP contribution >= 0.6 is 15.6 Å². The van der Waals surface area contributed by atoms with Crippen molar-refractivity contribution < 1.29 is 80.2 Å². The molecule has 0 aromatic rings. The van der Waals surface area contributed by atoms with Gasteiger partial charge in [-0.3, -0.25) is 37.3 Å². The maximum absolute atomic E-state index is 13.1. The molecule has 0 aliphatic heterocycles. The molecule has 0 saturated carbocycles. The van der Waals surface area contributed by atoms with E-state index in [-0.39, 0.29) is 25.7 Å². The van der Waals surface area contributed by atoms with E-state index in [4.69, 9.17) is 37.0 Å². The van der Waals surface area contributed by atoms with Gasteiger partial charge in [-0.05, 0) is 49.4 Å². The number of unbranched alkanes of at least 4 members (excludes halogenated alkanes) is 36. The van der Waals surface area contributed by atoms with Crippen LogP contribution in [0.4, 0.5) is 0 Å². The molecule has 0 aromatic carbocycles. The Balaban J connectivity index is 5.21. The van der Waals surface area contributed by atoms with E-state index < -0.39 is 97.5 Å². The molecule has 0 heterocycles. The molecule has 0 rings (SSSR count). The number of phosphoric acid groups is 2. The summed E-state index contributed by atoms with van der Waals surface area (Å²) in [5.41, 5.74) is 0. The van der Waals surface area contributed by atoms with Gasteiger partial charge in [0.25, 0.3) is 0 Å². The lowest BCUT2D eigenvalue weighted by atomic mass is 10.00. The summed E-state index contributed by atoms with van der Waals surface area (Å²) in [5.74, 6) is 0.875. The second-order valence-corrected chi connectivity index (χ2v) is 31.3. The van der Waals surface area contributed by atoms with E-state index in [2.05, 4.69) is 55.4 Å². The SMILES string of the molecule is CCC(C)CCCCCCCCC(=O)O[C@H](COC(=O)CCCCCCCCCC(C)C)COP(=O)(O)OCC(O)COP(=O)(O)OC[C@@H](COC(=O)CCCCCCCCCCCCCCCCCCC(C)C)OC(=O)CCCCCCCCCCCCCC(C)C. The third-order valence-electron chi connectivity index (χ3n) is 17.4. The van der Waals surface area contributed by atoms with Gasteiger partial charge in [0.2, 0.25) is 0 Å². The number of aliphatic hydroxyl groups is 1. The molecule has 0 aliphatic rings. The van der Waals surface area contributed by atoms with E-state index in [9.17, 15) is 43.2 Å². The van der Waals surface area contributed by atoms with Crippen molar-refractivity contribution in [3.05, 3.63) is 0 Å². The average Bonchev–Trinajstić information content (AvgIpc) is 3.36. The number of hydrogen-bond donors (Lipinski definition) is 3. The van der Waals surface area contributed by atoms with Gasteiger partial charge >= 0.3 is 39.5 Å². The topological polar surface area (TPSA) is 237 Å². The summed E-state index contributed by atoms with van der Waals surface area (Å²) in [4.78, 5) is 72.7. The third-order valence-corrected chi connectivity index (χ3v) is 19.3. The normalized spacial score (nSPS) is 14.5. The maximum Gasteiger partial charge on any atom is 0.472 e. The first-order valence-electron chi connectivity index (χ1n) is 38.2. The van der Waals surface area contributed by atoms with Crippen molar-refractivity contribution in [2.24, 2.45) is 23.7 Å². The van der Waals surface area contributed by atoms with E-state index in [0.29, 0.717) is 31.6 Å². The van der Waals surface area contributed by atoms with Crippen molar-refractivity contribution in [2.45, 2.75) is 388 Å². The van der Waals surface area contributed by atoms with Crippen LogP contribution in [0.1, 0.15) is 370 Å². The first-order chi connectivity index (χ1) is 44.6. The molecule has 552 valence electrons. The monoisotopic (exact) mass is 1370 g/mol. The Bertz CT molecular complexity index is 1840. The fourth-order valence-electron chi connectivity index (χ4n) is 11.2. The minimum absolute atomic E-state index is 0.102. The van der Waals surface area contributed by atoms with Gasteiger partial charge < -0.3 is 33.8 Å². The molecule has 4 unspecified atom stereocenters. The third kappa shape index (κ3) is 67.0. The molecule has 0 spiro atoms. The fraction of sp³-hybridized carbons (Fsp3) is 0.946. The summed E-state index contributed by atoms with van der Waals surface area (Å²) in [6.45, 7) is 14.1. The Kier molecular flexibility index (Phi) is 62.2. The Morgan fingerprint density at radius 3 is 0.763 bits per heavy atom. The second kappa shape index (κ2) is 63.5. The van der Waals surface area contributed by atoms with Crippen LogP contribution in [0.25, 0.3) is 0 Å². The van der Waals surface area contributed by atoms with Gasteiger partial charge in [0, 0.05) is 25.7 Å². The van der Waals surface area contributed by atoms with Gasteiger partial charge in [0.15, 0.2) is 12.2 Å². The van der Waals surface area contributed by atoms with Crippen molar-refractivity contribution in [1.29, 1.82) is 0 Å². The summed E-state index contributed by atoms with van der Waals surface area (Å²) in [5, 5.41) is 10.6. The fourth-order valence-corrected chi connectivity index (χ4v) is 12.7. The van der Waals surface area contributed by atoms with Crippen LogP contribution in [0.5, 0.6) is 0 Å². The largest absolute Gasteiger partial charge is 0.472 e. The summed E-state index contributed by atoms with van der Waals surface area (Å²) < 4.78 is 68.4. The minimum Gasteiger partial charge on any atom is -0.462 e. The van der Waals surface area contributed by atoms with E-state index in [0.717, 1.165) is 114 Å². The number of hydrogen-bond acceptors (Lipinski definition) is 15. The summed E-state index contributed by atoms with van der Waals surface area (Å²) in [6.07, 6.45) is 47.4. The van der Waals surface area contributed by atoms with Gasteiger partial charge in [-0.1, -0.05) is 319 Å². The first-order valence-corrected chi connectivity index (χ1v) is 41.2. The van der Waals surface area contributed by atoms with Gasteiger partial charge in [-0.15, -0.1) is 0 Å². The number of ether oxygens (including phenoxy) is 4. The van der Waals surface area contributed by atoms with Crippen LogP contribution < -0.4 is 0 Å². The zero-order valence-corrected chi connectivity index (χ0v) is 62.7. The van der Waals surface area contributed by atoms with E-state index in [1.807, 2.05) is 0 Å². The highest BCUT2D eigenvalue weighted by Gasteiger charge is 2.30. The van der Waals surface area contributed by atoms with Crippen molar-refractivity contribution in [3.63, 3.8) is 0 Å². The molecule has 93 heavy (non-hydrogen) atoms. The number of carbonyl (C=O) groups is 4. The molecule has 0 fully saturated rings. The molecule has 0 aliphatic carbocycles. The van der Waals surface area contributed by atoms with Crippen LogP contribution in [0.3, 0.4) is 0 Å². The van der Waals surface area contributed by atoms with Gasteiger partial charge in [0.1, 0.15) is 19.3 Å². The number of rotatable bonds is 71. The summed E-state index contributed by atoms with van der Waals surface area (Å²) in [6, 6.07) is 0. The lowest BCUT2D eigenvalue weighted by molar-refractivity contribution is -0.161. The summed E-state index contributed by atoms with van der Waals surface area (Å²) >= 11 is 0. The van der Waals surface area contributed by atoms with Crippen molar-refractivity contribution in [2.75, 3.05) is 39.6 Å². The van der Waals surface area contributed by atoms with Crippen LogP contribution in [-0.2, 0) is 65.4 Å². The molecule has 0 bridgehead atoms. The smallest absolute Gasteiger partial charge is 0.462 e. The van der Waals surface area contributed by atoms with Crippen LogP contribution in [0.2, 0.25) is 0 Å². The van der Waals surface area contributed by atoms with Crippen LogP contribution in [0, 0.1) is 23.7 Å². The molecule has 0 aromatic heterocycles. The zero-order valence-electron chi connectivity index (χ0n) is 60.9. The highest BCUT2D eigenvalue weighted by atomic mass is 31.2. The second-order valence-electron chi connectivity index (χ2n) is 28.4. The van der Waals surface area contributed by atoms with Crippen molar-refractivity contribution in [3.8, 4) is 0 Å².